The van der Waals surface area contributed by atoms with Gasteiger partial charge < -0.3 is 25.8 Å². The van der Waals surface area contributed by atoms with Crippen LogP contribution in [-0.2, 0) is 0 Å². The number of likely N-dealkylation sites (N-methyl/N-ethyl adjacent to an activating group) is 2. The van der Waals surface area contributed by atoms with E-state index in [2.05, 4.69) is 99.4 Å². The van der Waals surface area contributed by atoms with E-state index in [0.717, 1.165) is 196 Å². The summed E-state index contributed by atoms with van der Waals surface area (Å²) >= 11 is 3.34. The molecule has 5 aliphatic rings. The Morgan fingerprint density at radius 3 is 1.33 bits per heavy atom. The van der Waals surface area contributed by atoms with Gasteiger partial charge in [0, 0.05) is 132 Å². The van der Waals surface area contributed by atoms with Crippen molar-refractivity contribution < 1.29 is 0 Å². The van der Waals surface area contributed by atoms with Gasteiger partial charge in [0.25, 0.3) is 22.2 Å². The second-order valence-corrected chi connectivity index (χ2v) is 33.4. The Labute approximate surface area is 674 Å². The summed E-state index contributed by atoms with van der Waals surface area (Å²) in [6.07, 6.45) is 19.8. The molecule has 0 spiro atoms. The number of aromatic nitrogens is 16. The number of anilines is 2. The second kappa shape index (κ2) is 31.2. The molecule has 586 valence electrons. The molecular weight excluding hydrogens is 1490 g/mol. The van der Waals surface area contributed by atoms with E-state index < -0.39 is 0 Å². The fourth-order valence-corrected chi connectivity index (χ4v) is 18.1. The fourth-order valence-electron chi connectivity index (χ4n) is 16.5. The zero-order valence-corrected chi connectivity index (χ0v) is 67.6. The molecule has 3 saturated heterocycles. The molecule has 19 heterocycles. The van der Waals surface area contributed by atoms with Crippen LogP contribution in [0.4, 0.5) is 11.4 Å². The smallest absolute Gasteiger partial charge is 0.258 e. The number of thiazole rings is 2. The molecule has 14 aromatic heterocycles. The van der Waals surface area contributed by atoms with Crippen molar-refractivity contribution in [3.8, 4) is 45.3 Å². The summed E-state index contributed by atoms with van der Waals surface area (Å²) in [5.74, 6) is 1.43. The van der Waals surface area contributed by atoms with E-state index in [0.29, 0.717) is 68.6 Å². The van der Waals surface area contributed by atoms with Gasteiger partial charge in [0.05, 0.1) is 111 Å². The molecule has 0 saturated carbocycles. The van der Waals surface area contributed by atoms with Gasteiger partial charge in [-0.3, -0.25) is 51.6 Å². The molecule has 0 radical (unpaired) electrons. The van der Waals surface area contributed by atoms with Crippen LogP contribution < -0.4 is 43.1 Å². The monoisotopic (exact) mass is 1580 g/mol. The third kappa shape index (κ3) is 15.3. The lowest BCUT2D eigenvalue weighted by Crippen LogP contribution is -2.39. The molecule has 2 aromatic carbocycles. The van der Waals surface area contributed by atoms with Gasteiger partial charge in [0.1, 0.15) is 34.0 Å². The van der Waals surface area contributed by atoms with E-state index in [1.807, 2.05) is 158 Å². The minimum atomic E-state index is -0.108. The summed E-state index contributed by atoms with van der Waals surface area (Å²) in [7, 11) is 2.11. The van der Waals surface area contributed by atoms with Crippen molar-refractivity contribution >= 4 is 99.2 Å². The molecule has 2 atom stereocenters. The maximum atomic E-state index is 12.9. The lowest BCUT2D eigenvalue weighted by molar-refractivity contribution is 0.318. The van der Waals surface area contributed by atoms with Crippen molar-refractivity contribution in [1.29, 1.82) is 0 Å². The molecule has 0 unspecified atom stereocenters. The first-order valence-corrected chi connectivity index (χ1v) is 41.2. The highest BCUT2D eigenvalue weighted by molar-refractivity contribution is 7.18. The minimum Gasteiger partial charge on any atom is -0.370 e. The molecule has 0 bridgehead atoms. The van der Waals surface area contributed by atoms with E-state index in [4.69, 9.17) is 25.7 Å². The van der Waals surface area contributed by atoms with Crippen LogP contribution in [0.1, 0.15) is 76.5 Å². The number of hydrogen-bond acceptors (Lipinski definition) is 22. The van der Waals surface area contributed by atoms with Crippen LogP contribution in [0.3, 0.4) is 0 Å². The molecule has 5 aliphatic heterocycles. The third-order valence-corrected chi connectivity index (χ3v) is 24.7. The Morgan fingerprint density at radius 2 is 0.871 bits per heavy atom. The first-order valence-electron chi connectivity index (χ1n) is 39.5. The first-order chi connectivity index (χ1) is 56.2. The van der Waals surface area contributed by atoms with Crippen LogP contribution in [0.2, 0.25) is 0 Å². The maximum Gasteiger partial charge on any atom is 0.258 e. The van der Waals surface area contributed by atoms with Crippen molar-refractivity contribution in [1.82, 2.24) is 91.8 Å². The Bertz CT molecular complexity index is 6880. The van der Waals surface area contributed by atoms with Crippen molar-refractivity contribution in [2.24, 2.45) is 17.6 Å². The van der Waals surface area contributed by atoms with Crippen LogP contribution in [0.5, 0.6) is 0 Å². The molecule has 3 fully saturated rings. The van der Waals surface area contributed by atoms with Gasteiger partial charge in [-0.1, -0.05) is 31.2 Å². The molecule has 16 aromatic rings. The average Bonchev–Trinajstić information content (AvgIpc) is 1.56. The molecule has 116 heavy (non-hydrogen) atoms. The van der Waals surface area contributed by atoms with E-state index in [-0.39, 0.29) is 28.3 Å². The molecular formula is C88H88N22O4S2. The molecule has 21 rings (SSSR count). The standard InChI is InChI=1S/C23H24N6O.C22H22N6O.C22H21N5OS.C21H21N5OS/c1-4-27-9-7-17(8-10-27)18-5-6-22-25-19(12-23(30)28(22)14-18)20-11-21-16(3)24-15(2)13-29(21)26-20;1-14-12-28-20(15(2)23-14)10-19(25-28)18-11-22(29)27-13-17(4-5-21(27)24-18)16-6-8-26(3)9-7-16;1-13-24-19-6-14(2-4-20(19)29-13)18-7-22(28)27-12-17(3-5-21(27)25-18)26-10-15-8-23-9-16(15)11-26;1-13-23-18-10-14(2-4-19(18)28-13)17-11-21(27)26-12-16(3-5-20(26)24-17)25-8-6-15(22)7-9-25/h5-7,11-14H,4,8-10H2,1-3H3;4-6,10-13H,7-9H2,1-3H3;2-7,12,15-16,23H,8-11H2,1H3;2-5,10-12,15H,6-9,22H2,1H3/t;;15-,16+;. The van der Waals surface area contributed by atoms with Crippen molar-refractivity contribution in [2.45, 2.75) is 80.2 Å². The second-order valence-electron chi connectivity index (χ2n) is 30.9. The van der Waals surface area contributed by atoms with Gasteiger partial charge in [0.15, 0.2) is 0 Å². The predicted octanol–water partition coefficient (Wildman–Crippen LogP) is 12.0. The topological polar surface area (TPSA) is 275 Å². The third-order valence-electron chi connectivity index (χ3n) is 22.8. The molecule has 0 amide bonds. The Hall–Kier alpha value is -12.2. The maximum absolute atomic E-state index is 12.9. The summed E-state index contributed by atoms with van der Waals surface area (Å²) in [6.45, 7) is 25.1. The summed E-state index contributed by atoms with van der Waals surface area (Å²) in [4.78, 5) is 97.7. The van der Waals surface area contributed by atoms with E-state index in [1.54, 1.807) is 73.6 Å². The van der Waals surface area contributed by atoms with Gasteiger partial charge in [-0.25, -0.2) is 38.9 Å². The quantitative estimate of drug-likeness (QED) is 0.136. The molecule has 3 N–H and O–H groups in total. The number of fused-ring (bicyclic) bond motifs is 9. The highest BCUT2D eigenvalue weighted by atomic mass is 32.1. The van der Waals surface area contributed by atoms with Crippen molar-refractivity contribution in [2.75, 3.05) is 88.8 Å². The number of benzene rings is 2. The first kappa shape index (κ1) is 75.2. The number of nitrogens with two attached hydrogens (primary N) is 1. The number of hydrogen-bond donors (Lipinski definition) is 2. The summed E-state index contributed by atoms with van der Waals surface area (Å²) in [5, 5.41) is 14.8. The normalized spacial score (nSPS) is 16.8. The number of nitrogens with one attached hydrogen (secondary N) is 1. The molecule has 0 aliphatic carbocycles. The van der Waals surface area contributed by atoms with E-state index >= 15 is 0 Å². The predicted molar refractivity (Wildman–Crippen MR) is 462 cm³/mol. The Kier molecular flexibility index (Phi) is 20.2. The molecule has 26 nitrogen and oxygen atoms in total. The van der Waals surface area contributed by atoms with Crippen LogP contribution >= 0.6 is 22.7 Å². The van der Waals surface area contributed by atoms with Crippen LogP contribution in [0.25, 0.3) is 110 Å². The van der Waals surface area contributed by atoms with Gasteiger partial charge in [0.2, 0.25) is 0 Å². The van der Waals surface area contributed by atoms with Crippen LogP contribution in [0, 0.1) is 53.4 Å². The largest absolute Gasteiger partial charge is 0.370 e. The van der Waals surface area contributed by atoms with Gasteiger partial charge in [-0.05, 0) is 200 Å². The summed E-state index contributed by atoms with van der Waals surface area (Å²) in [5.41, 5.74) is 28.1. The zero-order valence-electron chi connectivity index (χ0n) is 66.0. The minimum absolute atomic E-state index is 0.0533. The summed E-state index contributed by atoms with van der Waals surface area (Å²) in [6, 6.07) is 38.5. The lowest BCUT2D eigenvalue weighted by Gasteiger charge is -2.32. The number of nitrogens with zero attached hydrogens (tertiary/aromatic N) is 20. The van der Waals surface area contributed by atoms with Crippen molar-refractivity contribution in [3.63, 3.8) is 0 Å². The lowest BCUT2D eigenvalue weighted by atomic mass is 10.0. The highest BCUT2D eigenvalue weighted by Gasteiger charge is 2.36. The SMILES string of the molecule is CCN1CC=C(c2ccc3nc(-c4cc5c(C)nc(C)cn5n4)cc(=O)n3c2)CC1.Cc1cn2nc(-c3cc(=O)n4cc(C5=CCN(C)CC5)ccc4n3)cc2c(C)n1.Cc1nc2cc(-c3cc(=O)n4cc(N5CCC(N)CC5)ccc4n3)ccc2s1.Cc1nc2cc(-c3cc(=O)n4cc(N5C[C@H]6CNC[C@H]6C5)ccc4n3)ccc2s1. The van der Waals surface area contributed by atoms with E-state index in [1.165, 1.54) is 11.1 Å². The average molecular weight is 1580 g/mol. The Balaban J connectivity index is 0.000000107. The fraction of sp³-hybridized carbons (Fsp3) is 0.295. The number of rotatable bonds is 9. The van der Waals surface area contributed by atoms with E-state index in [9.17, 15) is 19.2 Å². The van der Waals surface area contributed by atoms with Gasteiger partial charge in [-0.15, -0.1) is 22.7 Å². The van der Waals surface area contributed by atoms with Crippen LogP contribution in [-0.4, -0.2) is 172 Å². The van der Waals surface area contributed by atoms with Crippen LogP contribution in [0.15, 0.2) is 190 Å². The van der Waals surface area contributed by atoms with Gasteiger partial charge in [-0.2, -0.15) is 10.2 Å². The zero-order chi connectivity index (χ0) is 79.7. The molecule has 28 heteroatoms. The number of pyridine rings is 4. The van der Waals surface area contributed by atoms with Gasteiger partial charge >= 0.3 is 0 Å². The highest BCUT2D eigenvalue weighted by Crippen LogP contribution is 2.34. The Morgan fingerprint density at radius 1 is 0.440 bits per heavy atom. The van der Waals surface area contributed by atoms with Crippen molar-refractivity contribution in [3.05, 3.63) is 256 Å². The number of piperidine rings is 1. The number of aryl methyl sites for hydroxylation is 6. The summed E-state index contributed by atoms with van der Waals surface area (Å²) < 4.78 is 12.4.